The number of anilines is 1. The van der Waals surface area contributed by atoms with Crippen molar-refractivity contribution in [3.63, 3.8) is 0 Å². The number of ketones is 1. The average molecular weight is 422 g/mol. The summed E-state index contributed by atoms with van der Waals surface area (Å²) in [4.78, 5) is 38.2. The summed E-state index contributed by atoms with van der Waals surface area (Å²) in [7, 11) is 0. The molecule has 5 nitrogen and oxygen atoms in total. The zero-order chi connectivity index (χ0) is 22.7. The SMILES string of the molecule is Cc1ccc(C(=O)[O-])c2c(C(=O)Cc3ccccc3)ccc(C(=O)Nc3ccccc3)c12. The Morgan fingerprint density at radius 2 is 1.31 bits per heavy atom. The first kappa shape index (κ1) is 21.0. The molecule has 0 aliphatic rings. The zero-order valence-corrected chi connectivity index (χ0v) is 17.4. The maximum atomic E-state index is 13.2. The third-order valence-electron chi connectivity index (χ3n) is 5.37. The summed E-state index contributed by atoms with van der Waals surface area (Å²) in [6.45, 7) is 1.78. The number of Topliss-reactive ketones (excluding diaryl/α,β-unsaturated/α-hetero) is 1. The molecule has 0 bridgehead atoms. The lowest BCUT2D eigenvalue weighted by Crippen LogP contribution is -2.24. The number of hydrogen-bond donors (Lipinski definition) is 1. The van der Waals surface area contributed by atoms with Crippen LogP contribution in [0, 0.1) is 6.92 Å². The van der Waals surface area contributed by atoms with Gasteiger partial charge in [0.05, 0.1) is 5.97 Å². The minimum Gasteiger partial charge on any atom is -0.545 e. The highest BCUT2D eigenvalue weighted by atomic mass is 16.4. The summed E-state index contributed by atoms with van der Waals surface area (Å²) in [5, 5.41) is 15.4. The third-order valence-corrected chi connectivity index (χ3v) is 5.37. The minimum atomic E-state index is -1.40. The number of rotatable bonds is 6. The molecule has 0 aliphatic carbocycles. The molecule has 0 aliphatic heterocycles. The molecule has 32 heavy (non-hydrogen) atoms. The van der Waals surface area contributed by atoms with Crippen LogP contribution in [0.25, 0.3) is 10.8 Å². The Morgan fingerprint density at radius 3 is 1.97 bits per heavy atom. The lowest BCUT2D eigenvalue weighted by Gasteiger charge is -2.17. The molecule has 0 aromatic heterocycles. The monoisotopic (exact) mass is 422 g/mol. The Morgan fingerprint density at radius 1 is 0.719 bits per heavy atom. The number of carbonyl (C=O) groups excluding carboxylic acids is 3. The lowest BCUT2D eigenvalue weighted by atomic mass is 9.89. The summed E-state index contributed by atoms with van der Waals surface area (Å²) in [6.07, 6.45) is 0.117. The lowest BCUT2D eigenvalue weighted by molar-refractivity contribution is -0.254. The second-order valence-corrected chi connectivity index (χ2v) is 7.53. The number of aromatic carboxylic acids is 1. The first-order chi connectivity index (χ1) is 15.5. The van der Waals surface area contributed by atoms with Crippen molar-refractivity contribution in [1.82, 2.24) is 0 Å². The maximum absolute atomic E-state index is 13.2. The molecule has 0 radical (unpaired) electrons. The molecule has 4 aromatic carbocycles. The fourth-order valence-corrected chi connectivity index (χ4v) is 3.86. The predicted octanol–water partition coefficient (Wildman–Crippen LogP) is 4.19. The van der Waals surface area contributed by atoms with Crippen LogP contribution in [0.4, 0.5) is 5.69 Å². The highest BCUT2D eigenvalue weighted by Gasteiger charge is 2.21. The molecule has 1 N–H and O–H groups in total. The molecular weight excluding hydrogens is 402 g/mol. The van der Waals surface area contributed by atoms with E-state index in [4.69, 9.17) is 0 Å². The van der Waals surface area contributed by atoms with Gasteiger partial charge in [-0.15, -0.1) is 0 Å². The first-order valence-corrected chi connectivity index (χ1v) is 10.2. The van der Waals surface area contributed by atoms with Crippen molar-refractivity contribution in [3.05, 3.63) is 113 Å². The Balaban J connectivity index is 1.86. The average Bonchev–Trinajstić information content (AvgIpc) is 2.79. The van der Waals surface area contributed by atoms with Crippen LogP contribution in [-0.2, 0) is 6.42 Å². The number of amides is 1. The van der Waals surface area contributed by atoms with Gasteiger partial charge in [-0.2, -0.15) is 0 Å². The van der Waals surface area contributed by atoms with E-state index in [-0.39, 0.29) is 34.6 Å². The standard InChI is InChI=1S/C27H21NO4/c1-17-12-13-22(27(31)32)25-20(23(29)16-18-8-4-2-5-9-18)14-15-21(24(17)25)26(30)28-19-10-6-3-7-11-19/h2-15H,16H2,1H3,(H,28,30)(H,31,32)/p-1. The molecule has 4 aromatic rings. The summed E-state index contributed by atoms with van der Waals surface area (Å²) in [5.41, 5.74) is 2.56. The van der Waals surface area contributed by atoms with Gasteiger partial charge < -0.3 is 15.2 Å². The van der Waals surface area contributed by atoms with Crippen LogP contribution in [0.5, 0.6) is 0 Å². The highest BCUT2D eigenvalue weighted by Crippen LogP contribution is 2.31. The highest BCUT2D eigenvalue weighted by molar-refractivity contribution is 6.22. The van der Waals surface area contributed by atoms with E-state index in [0.29, 0.717) is 22.2 Å². The number of aryl methyl sites for hydroxylation is 1. The normalized spacial score (nSPS) is 10.7. The topological polar surface area (TPSA) is 86.3 Å². The van der Waals surface area contributed by atoms with Crippen LogP contribution in [0.1, 0.15) is 42.2 Å². The van der Waals surface area contributed by atoms with Gasteiger partial charge in [0.1, 0.15) is 0 Å². The van der Waals surface area contributed by atoms with E-state index >= 15 is 0 Å². The van der Waals surface area contributed by atoms with Gasteiger partial charge in [-0.3, -0.25) is 9.59 Å². The molecule has 1 amide bonds. The van der Waals surface area contributed by atoms with E-state index in [1.165, 1.54) is 12.1 Å². The van der Waals surface area contributed by atoms with Crippen molar-refractivity contribution in [2.75, 3.05) is 5.32 Å². The molecular formula is C27H20NO4-. The van der Waals surface area contributed by atoms with Gasteiger partial charge in [0.25, 0.3) is 5.91 Å². The number of nitrogens with one attached hydrogen (secondary N) is 1. The second kappa shape index (κ2) is 8.86. The summed E-state index contributed by atoms with van der Waals surface area (Å²) in [6, 6.07) is 24.3. The fourth-order valence-electron chi connectivity index (χ4n) is 3.86. The number of carboxylic acid groups (broad SMARTS) is 1. The van der Waals surface area contributed by atoms with Crippen LogP contribution in [0.15, 0.2) is 84.9 Å². The van der Waals surface area contributed by atoms with Gasteiger partial charge in [0.2, 0.25) is 0 Å². The van der Waals surface area contributed by atoms with Crippen molar-refractivity contribution >= 4 is 34.1 Å². The van der Waals surface area contributed by atoms with E-state index in [9.17, 15) is 19.5 Å². The summed E-state index contributed by atoms with van der Waals surface area (Å²) < 4.78 is 0. The number of carbonyl (C=O) groups is 3. The number of carboxylic acids is 1. The molecule has 4 rings (SSSR count). The first-order valence-electron chi connectivity index (χ1n) is 10.2. The third kappa shape index (κ3) is 4.14. The molecule has 0 atom stereocenters. The van der Waals surface area contributed by atoms with Crippen LogP contribution >= 0.6 is 0 Å². The number of fused-ring (bicyclic) bond motifs is 1. The van der Waals surface area contributed by atoms with Gasteiger partial charge in [-0.05, 0) is 47.7 Å². The quantitative estimate of drug-likeness (QED) is 0.472. The van der Waals surface area contributed by atoms with E-state index in [1.54, 1.807) is 43.3 Å². The van der Waals surface area contributed by atoms with Crippen LogP contribution in [0.2, 0.25) is 0 Å². The van der Waals surface area contributed by atoms with E-state index in [2.05, 4.69) is 5.32 Å². The fraction of sp³-hybridized carbons (Fsp3) is 0.0741. The zero-order valence-electron chi connectivity index (χ0n) is 17.4. The van der Waals surface area contributed by atoms with Gasteiger partial charge >= 0.3 is 0 Å². The molecule has 0 saturated carbocycles. The smallest absolute Gasteiger partial charge is 0.256 e. The summed E-state index contributed by atoms with van der Waals surface area (Å²) >= 11 is 0. The van der Waals surface area contributed by atoms with E-state index < -0.39 is 5.97 Å². The van der Waals surface area contributed by atoms with E-state index in [1.807, 2.05) is 36.4 Å². The maximum Gasteiger partial charge on any atom is 0.256 e. The number of hydrogen-bond acceptors (Lipinski definition) is 4. The van der Waals surface area contributed by atoms with Gasteiger partial charge in [-0.1, -0.05) is 60.7 Å². The number of benzene rings is 4. The van der Waals surface area contributed by atoms with E-state index in [0.717, 1.165) is 5.56 Å². The van der Waals surface area contributed by atoms with Gasteiger partial charge in [-0.25, -0.2) is 0 Å². The van der Waals surface area contributed by atoms with Gasteiger partial charge in [0, 0.05) is 34.2 Å². The minimum absolute atomic E-state index is 0.114. The second-order valence-electron chi connectivity index (χ2n) is 7.53. The van der Waals surface area contributed by atoms with Crippen molar-refractivity contribution in [2.45, 2.75) is 13.3 Å². The summed E-state index contributed by atoms with van der Waals surface area (Å²) in [5.74, 6) is -2.02. The Hall–Kier alpha value is -4.25. The van der Waals surface area contributed by atoms with Crippen molar-refractivity contribution in [1.29, 1.82) is 0 Å². The molecule has 0 unspecified atom stereocenters. The molecule has 5 heteroatoms. The van der Waals surface area contributed by atoms with Gasteiger partial charge in [0.15, 0.2) is 5.78 Å². The van der Waals surface area contributed by atoms with Crippen LogP contribution in [0.3, 0.4) is 0 Å². The van der Waals surface area contributed by atoms with Crippen LogP contribution in [-0.4, -0.2) is 17.7 Å². The Kier molecular flexibility index (Phi) is 5.81. The number of para-hydroxylation sites is 1. The largest absolute Gasteiger partial charge is 0.545 e. The predicted molar refractivity (Wildman–Crippen MR) is 122 cm³/mol. The van der Waals surface area contributed by atoms with Crippen LogP contribution < -0.4 is 10.4 Å². The molecule has 0 saturated heterocycles. The van der Waals surface area contributed by atoms with Crippen molar-refractivity contribution in [3.8, 4) is 0 Å². The molecule has 0 fully saturated rings. The van der Waals surface area contributed by atoms with Crippen molar-refractivity contribution < 1.29 is 19.5 Å². The molecule has 0 spiro atoms. The Bertz CT molecular complexity index is 1330. The molecule has 0 heterocycles. The Labute approximate surface area is 185 Å². The van der Waals surface area contributed by atoms with Crippen molar-refractivity contribution in [2.24, 2.45) is 0 Å². The molecule has 158 valence electrons.